The summed E-state index contributed by atoms with van der Waals surface area (Å²) in [6, 6.07) is 0. The van der Waals surface area contributed by atoms with Gasteiger partial charge in [-0.3, -0.25) is 10.2 Å². The van der Waals surface area contributed by atoms with Crippen LogP contribution >= 0.6 is 0 Å². The van der Waals surface area contributed by atoms with Gasteiger partial charge in [-0.15, -0.1) is 0 Å². The number of hydrogen-bond acceptors (Lipinski definition) is 2. The van der Waals surface area contributed by atoms with Gasteiger partial charge < -0.3 is 0 Å². The van der Waals surface area contributed by atoms with Crippen molar-refractivity contribution in [1.29, 1.82) is 0 Å². The van der Waals surface area contributed by atoms with Gasteiger partial charge in [0.15, 0.2) is 0 Å². The molecule has 0 saturated heterocycles. The Balaban J connectivity index is 3.04. The third-order valence-electron chi connectivity index (χ3n) is 1.12. The van der Waals surface area contributed by atoms with Crippen molar-refractivity contribution in [2.45, 2.75) is 19.8 Å². The largest absolute Gasteiger partial charge is 0.292 e. The Bertz CT molecular complexity index is 75.5. The molecule has 0 fully saturated rings. The monoisotopic (exact) mass is 130 g/mol. The van der Waals surface area contributed by atoms with Crippen LogP contribution in [0.25, 0.3) is 0 Å². The lowest BCUT2D eigenvalue weighted by Crippen LogP contribution is -2.33. The molecule has 54 valence electrons. The minimum absolute atomic E-state index is 0.690. The Morgan fingerprint density at radius 3 is 2.78 bits per heavy atom. The second-order valence-electron chi connectivity index (χ2n) is 2.02. The molecule has 0 aromatic rings. The summed E-state index contributed by atoms with van der Waals surface area (Å²) in [5, 5.41) is 1.77. The van der Waals surface area contributed by atoms with Crippen molar-refractivity contribution < 1.29 is 4.79 Å². The highest BCUT2D eigenvalue weighted by atomic mass is 16.1. The van der Waals surface area contributed by atoms with Crippen LogP contribution in [0.3, 0.4) is 0 Å². The van der Waals surface area contributed by atoms with Crippen molar-refractivity contribution in [3.63, 3.8) is 0 Å². The standard InChI is InChI=1S/C6H14N2O/c1-3-4-5-8(2)7-6-9/h6H,3-5H2,1-2H3,(H,7,9). The fourth-order valence-electron chi connectivity index (χ4n) is 0.550. The molecular formula is C6H14N2O. The van der Waals surface area contributed by atoms with Gasteiger partial charge in [-0.1, -0.05) is 13.3 Å². The molecule has 0 unspecified atom stereocenters. The summed E-state index contributed by atoms with van der Waals surface area (Å²) in [5.74, 6) is 0. The number of amides is 1. The summed E-state index contributed by atoms with van der Waals surface area (Å²) in [7, 11) is 1.85. The highest BCUT2D eigenvalue weighted by molar-refractivity contribution is 5.44. The lowest BCUT2D eigenvalue weighted by Gasteiger charge is -2.12. The normalized spacial score (nSPS) is 9.67. The summed E-state index contributed by atoms with van der Waals surface area (Å²) in [5.41, 5.74) is 2.53. The number of unbranched alkanes of at least 4 members (excludes halogenated alkanes) is 1. The van der Waals surface area contributed by atoms with E-state index in [2.05, 4.69) is 12.3 Å². The van der Waals surface area contributed by atoms with Crippen LogP contribution in [0.2, 0.25) is 0 Å². The number of carbonyl (C=O) groups is 1. The molecule has 0 aromatic heterocycles. The van der Waals surface area contributed by atoms with E-state index in [1.54, 1.807) is 5.01 Å². The van der Waals surface area contributed by atoms with Gasteiger partial charge in [0, 0.05) is 13.6 Å². The van der Waals surface area contributed by atoms with Crippen LogP contribution in [0, 0.1) is 0 Å². The number of rotatable bonds is 5. The van der Waals surface area contributed by atoms with Crippen LogP contribution in [0.1, 0.15) is 19.8 Å². The average Bonchev–Trinajstić information content (AvgIpc) is 1.85. The molecule has 0 atom stereocenters. The zero-order chi connectivity index (χ0) is 7.11. The Kier molecular flexibility index (Phi) is 5.21. The van der Waals surface area contributed by atoms with E-state index in [0.717, 1.165) is 19.4 Å². The molecule has 0 aliphatic carbocycles. The zero-order valence-electron chi connectivity index (χ0n) is 6.05. The van der Waals surface area contributed by atoms with Crippen molar-refractivity contribution in [2.24, 2.45) is 0 Å². The van der Waals surface area contributed by atoms with Crippen molar-refractivity contribution in [3.8, 4) is 0 Å². The topological polar surface area (TPSA) is 32.3 Å². The Morgan fingerprint density at radius 1 is 1.67 bits per heavy atom. The first-order valence-corrected chi connectivity index (χ1v) is 3.22. The van der Waals surface area contributed by atoms with Gasteiger partial charge in [0.1, 0.15) is 0 Å². The van der Waals surface area contributed by atoms with Gasteiger partial charge in [-0.2, -0.15) is 0 Å². The van der Waals surface area contributed by atoms with Gasteiger partial charge >= 0.3 is 0 Å². The second-order valence-corrected chi connectivity index (χ2v) is 2.02. The Labute approximate surface area is 56.0 Å². The quantitative estimate of drug-likeness (QED) is 0.431. The Morgan fingerprint density at radius 2 is 2.33 bits per heavy atom. The van der Waals surface area contributed by atoms with Crippen molar-refractivity contribution in [1.82, 2.24) is 10.4 Å². The molecule has 0 aromatic carbocycles. The minimum atomic E-state index is 0.690. The van der Waals surface area contributed by atoms with Crippen LogP contribution in [-0.2, 0) is 4.79 Å². The van der Waals surface area contributed by atoms with Gasteiger partial charge in [-0.25, -0.2) is 5.01 Å². The van der Waals surface area contributed by atoms with E-state index in [4.69, 9.17) is 0 Å². The highest BCUT2D eigenvalue weighted by Crippen LogP contribution is 1.86. The third-order valence-corrected chi connectivity index (χ3v) is 1.12. The molecule has 1 amide bonds. The fourth-order valence-corrected chi connectivity index (χ4v) is 0.550. The molecule has 0 aliphatic heterocycles. The molecule has 3 nitrogen and oxygen atoms in total. The summed E-state index contributed by atoms with van der Waals surface area (Å²) >= 11 is 0. The number of hydrazine groups is 1. The van der Waals surface area contributed by atoms with E-state index in [0.29, 0.717) is 6.41 Å². The van der Waals surface area contributed by atoms with Crippen LogP contribution in [0.5, 0.6) is 0 Å². The molecule has 0 spiro atoms. The lowest BCUT2D eigenvalue weighted by molar-refractivity contribution is -0.113. The van der Waals surface area contributed by atoms with E-state index >= 15 is 0 Å². The maximum atomic E-state index is 9.83. The zero-order valence-corrected chi connectivity index (χ0v) is 6.05. The molecule has 1 N–H and O–H groups in total. The van der Waals surface area contributed by atoms with E-state index in [9.17, 15) is 4.79 Å². The molecule has 0 aliphatic rings. The molecule has 0 saturated carbocycles. The van der Waals surface area contributed by atoms with E-state index < -0.39 is 0 Å². The summed E-state index contributed by atoms with van der Waals surface area (Å²) in [6.07, 6.45) is 2.97. The number of hydrogen-bond donors (Lipinski definition) is 1. The lowest BCUT2D eigenvalue weighted by atomic mass is 10.3. The summed E-state index contributed by atoms with van der Waals surface area (Å²) in [6.45, 7) is 3.05. The first-order chi connectivity index (χ1) is 4.31. The van der Waals surface area contributed by atoms with Crippen LogP contribution in [0.4, 0.5) is 0 Å². The van der Waals surface area contributed by atoms with Crippen molar-refractivity contribution in [2.75, 3.05) is 13.6 Å². The number of carbonyl (C=O) groups excluding carboxylic acids is 1. The van der Waals surface area contributed by atoms with Gasteiger partial charge in [0.2, 0.25) is 6.41 Å². The maximum Gasteiger partial charge on any atom is 0.221 e. The average molecular weight is 130 g/mol. The van der Waals surface area contributed by atoms with Crippen molar-refractivity contribution >= 4 is 6.41 Å². The van der Waals surface area contributed by atoms with Gasteiger partial charge in [-0.05, 0) is 6.42 Å². The second kappa shape index (κ2) is 5.56. The van der Waals surface area contributed by atoms with Gasteiger partial charge in [0.05, 0.1) is 0 Å². The maximum absolute atomic E-state index is 9.83. The first kappa shape index (κ1) is 8.43. The van der Waals surface area contributed by atoms with E-state index in [1.807, 2.05) is 7.05 Å². The van der Waals surface area contributed by atoms with Crippen LogP contribution < -0.4 is 5.43 Å². The number of nitrogens with zero attached hydrogens (tertiary/aromatic N) is 1. The molecular weight excluding hydrogens is 116 g/mol. The fraction of sp³-hybridized carbons (Fsp3) is 0.833. The number of nitrogens with one attached hydrogen (secondary N) is 1. The van der Waals surface area contributed by atoms with Crippen LogP contribution in [-0.4, -0.2) is 25.0 Å². The molecule has 0 rings (SSSR count). The molecule has 0 radical (unpaired) electrons. The smallest absolute Gasteiger partial charge is 0.221 e. The molecule has 3 heteroatoms. The van der Waals surface area contributed by atoms with Gasteiger partial charge in [0.25, 0.3) is 0 Å². The highest BCUT2D eigenvalue weighted by Gasteiger charge is 1.90. The third kappa shape index (κ3) is 5.30. The SMILES string of the molecule is CCCCN(C)NC=O. The predicted octanol–water partition coefficient (Wildman–Crippen LogP) is 0.379. The summed E-state index contributed by atoms with van der Waals surface area (Å²) < 4.78 is 0. The predicted molar refractivity (Wildman–Crippen MR) is 36.7 cm³/mol. The minimum Gasteiger partial charge on any atom is -0.292 e. The Hall–Kier alpha value is -0.570. The molecule has 0 bridgehead atoms. The van der Waals surface area contributed by atoms with E-state index in [-0.39, 0.29) is 0 Å². The van der Waals surface area contributed by atoms with E-state index in [1.165, 1.54) is 0 Å². The van der Waals surface area contributed by atoms with Crippen LogP contribution in [0.15, 0.2) is 0 Å². The summed E-state index contributed by atoms with van der Waals surface area (Å²) in [4.78, 5) is 9.83. The molecule has 9 heavy (non-hydrogen) atoms. The molecule has 0 heterocycles. The van der Waals surface area contributed by atoms with Crippen molar-refractivity contribution in [3.05, 3.63) is 0 Å². The first-order valence-electron chi connectivity index (χ1n) is 3.22.